The van der Waals surface area contributed by atoms with E-state index in [4.69, 9.17) is 0 Å². The van der Waals surface area contributed by atoms with Crippen LogP contribution in [0.2, 0.25) is 0 Å². The van der Waals surface area contributed by atoms with Gasteiger partial charge in [-0.1, -0.05) is 61.5 Å². The van der Waals surface area contributed by atoms with Gasteiger partial charge in [0.2, 0.25) is 5.91 Å². The van der Waals surface area contributed by atoms with E-state index < -0.39 is 0 Å². The molecule has 3 aromatic rings. The first-order valence-electron chi connectivity index (χ1n) is 8.69. The molecule has 128 valence electrons. The molecule has 0 saturated heterocycles. The standard InChI is InChI=1S/C22H23NOS/c1-2-13-23(16-19-12-14-25-17-19)22(24)15-18-8-10-21(11-9-18)20-6-4-3-5-7-20/h3-12,14,17H,2,13,15-16H2,1H3. The number of amides is 1. The molecule has 0 spiro atoms. The van der Waals surface area contributed by atoms with E-state index in [0.717, 1.165) is 18.5 Å². The Labute approximate surface area is 153 Å². The lowest BCUT2D eigenvalue weighted by Crippen LogP contribution is -2.32. The summed E-state index contributed by atoms with van der Waals surface area (Å²) in [4.78, 5) is 14.7. The van der Waals surface area contributed by atoms with E-state index >= 15 is 0 Å². The van der Waals surface area contributed by atoms with Gasteiger partial charge in [-0.15, -0.1) is 0 Å². The van der Waals surface area contributed by atoms with Crippen LogP contribution >= 0.6 is 11.3 Å². The first-order chi connectivity index (χ1) is 12.3. The maximum absolute atomic E-state index is 12.7. The van der Waals surface area contributed by atoms with Gasteiger partial charge in [-0.2, -0.15) is 11.3 Å². The SMILES string of the molecule is CCCN(Cc1ccsc1)C(=O)Cc1ccc(-c2ccccc2)cc1. The summed E-state index contributed by atoms with van der Waals surface area (Å²) in [6, 6.07) is 20.7. The molecule has 1 amide bonds. The summed E-state index contributed by atoms with van der Waals surface area (Å²) in [5.41, 5.74) is 4.66. The van der Waals surface area contributed by atoms with E-state index in [1.54, 1.807) is 11.3 Å². The largest absolute Gasteiger partial charge is 0.338 e. The number of hydrogen-bond donors (Lipinski definition) is 0. The molecule has 0 fully saturated rings. The molecule has 0 aliphatic carbocycles. The van der Waals surface area contributed by atoms with E-state index in [2.05, 4.69) is 60.1 Å². The lowest BCUT2D eigenvalue weighted by atomic mass is 10.0. The first-order valence-corrected chi connectivity index (χ1v) is 9.63. The average Bonchev–Trinajstić information content (AvgIpc) is 3.16. The van der Waals surface area contributed by atoms with Gasteiger partial charge in [0.1, 0.15) is 0 Å². The summed E-state index contributed by atoms with van der Waals surface area (Å²) in [6.45, 7) is 3.62. The minimum Gasteiger partial charge on any atom is -0.338 e. The molecular formula is C22H23NOS. The van der Waals surface area contributed by atoms with Crippen molar-refractivity contribution in [3.05, 3.63) is 82.6 Å². The normalized spacial score (nSPS) is 10.6. The average molecular weight is 349 g/mol. The van der Waals surface area contributed by atoms with Gasteiger partial charge in [-0.3, -0.25) is 4.79 Å². The van der Waals surface area contributed by atoms with Crippen LogP contribution in [0.25, 0.3) is 11.1 Å². The highest BCUT2D eigenvalue weighted by atomic mass is 32.1. The predicted molar refractivity (Wildman–Crippen MR) is 106 cm³/mol. The smallest absolute Gasteiger partial charge is 0.227 e. The van der Waals surface area contributed by atoms with Crippen molar-refractivity contribution in [1.82, 2.24) is 4.90 Å². The van der Waals surface area contributed by atoms with Crippen molar-refractivity contribution in [2.45, 2.75) is 26.3 Å². The Hall–Kier alpha value is -2.39. The number of carbonyl (C=O) groups is 1. The fourth-order valence-corrected chi connectivity index (χ4v) is 3.56. The third kappa shape index (κ3) is 4.80. The molecule has 2 aromatic carbocycles. The summed E-state index contributed by atoms with van der Waals surface area (Å²) < 4.78 is 0. The van der Waals surface area contributed by atoms with Crippen LogP contribution in [0.5, 0.6) is 0 Å². The molecule has 0 aliphatic rings. The molecule has 0 N–H and O–H groups in total. The van der Waals surface area contributed by atoms with Crippen LogP contribution < -0.4 is 0 Å². The van der Waals surface area contributed by atoms with Crippen LogP contribution in [0.4, 0.5) is 0 Å². The van der Waals surface area contributed by atoms with E-state index in [0.29, 0.717) is 13.0 Å². The molecule has 3 heteroatoms. The van der Waals surface area contributed by atoms with Gasteiger partial charge in [0.15, 0.2) is 0 Å². The van der Waals surface area contributed by atoms with Gasteiger partial charge in [0.05, 0.1) is 6.42 Å². The molecule has 0 saturated carbocycles. The second-order valence-electron chi connectivity index (χ2n) is 6.19. The highest BCUT2D eigenvalue weighted by molar-refractivity contribution is 7.07. The van der Waals surface area contributed by atoms with Gasteiger partial charge >= 0.3 is 0 Å². The zero-order valence-corrected chi connectivity index (χ0v) is 15.3. The third-order valence-corrected chi connectivity index (χ3v) is 4.95. The van der Waals surface area contributed by atoms with Crippen molar-refractivity contribution in [3.8, 4) is 11.1 Å². The number of nitrogens with zero attached hydrogens (tertiary/aromatic N) is 1. The van der Waals surface area contributed by atoms with Crippen LogP contribution in [-0.4, -0.2) is 17.4 Å². The van der Waals surface area contributed by atoms with E-state index in [-0.39, 0.29) is 5.91 Å². The van der Waals surface area contributed by atoms with Crippen LogP contribution in [0, 0.1) is 0 Å². The zero-order chi connectivity index (χ0) is 17.5. The van der Waals surface area contributed by atoms with Crippen molar-refractivity contribution in [2.24, 2.45) is 0 Å². The van der Waals surface area contributed by atoms with Crippen molar-refractivity contribution in [3.63, 3.8) is 0 Å². The van der Waals surface area contributed by atoms with Crippen LogP contribution in [0.3, 0.4) is 0 Å². The molecule has 0 radical (unpaired) electrons. The Morgan fingerprint density at radius 3 is 2.28 bits per heavy atom. The second-order valence-corrected chi connectivity index (χ2v) is 6.97. The van der Waals surface area contributed by atoms with Crippen LogP contribution in [-0.2, 0) is 17.8 Å². The van der Waals surface area contributed by atoms with E-state index in [9.17, 15) is 4.79 Å². The number of thiophene rings is 1. The summed E-state index contributed by atoms with van der Waals surface area (Å²) >= 11 is 1.68. The molecule has 0 unspecified atom stereocenters. The summed E-state index contributed by atoms with van der Waals surface area (Å²) in [5.74, 6) is 0.195. The highest BCUT2D eigenvalue weighted by Crippen LogP contribution is 2.20. The monoisotopic (exact) mass is 349 g/mol. The van der Waals surface area contributed by atoms with Crippen molar-refractivity contribution >= 4 is 17.2 Å². The maximum Gasteiger partial charge on any atom is 0.227 e. The molecular weight excluding hydrogens is 326 g/mol. The van der Waals surface area contributed by atoms with Gasteiger partial charge in [0.25, 0.3) is 0 Å². The summed E-state index contributed by atoms with van der Waals surface area (Å²) in [5, 5.41) is 4.18. The van der Waals surface area contributed by atoms with E-state index in [1.165, 1.54) is 16.7 Å². The number of carbonyl (C=O) groups excluding carboxylic acids is 1. The lowest BCUT2D eigenvalue weighted by molar-refractivity contribution is -0.131. The Bertz CT molecular complexity index is 779. The molecule has 1 aromatic heterocycles. The van der Waals surface area contributed by atoms with Gasteiger partial charge in [-0.05, 0) is 45.5 Å². The molecule has 0 aliphatic heterocycles. The van der Waals surface area contributed by atoms with Crippen molar-refractivity contribution in [2.75, 3.05) is 6.54 Å². The summed E-state index contributed by atoms with van der Waals surface area (Å²) in [6.07, 6.45) is 1.43. The Morgan fingerprint density at radius 2 is 1.64 bits per heavy atom. The van der Waals surface area contributed by atoms with Crippen LogP contribution in [0.1, 0.15) is 24.5 Å². The molecule has 2 nitrogen and oxygen atoms in total. The van der Waals surface area contributed by atoms with Gasteiger partial charge in [-0.25, -0.2) is 0 Å². The van der Waals surface area contributed by atoms with Gasteiger partial charge in [0, 0.05) is 13.1 Å². The number of benzene rings is 2. The number of hydrogen-bond acceptors (Lipinski definition) is 2. The molecule has 3 rings (SSSR count). The van der Waals surface area contributed by atoms with Crippen LogP contribution in [0.15, 0.2) is 71.4 Å². The molecule has 0 bridgehead atoms. The highest BCUT2D eigenvalue weighted by Gasteiger charge is 2.14. The quantitative estimate of drug-likeness (QED) is 0.559. The van der Waals surface area contributed by atoms with Crippen molar-refractivity contribution in [1.29, 1.82) is 0 Å². The van der Waals surface area contributed by atoms with Gasteiger partial charge < -0.3 is 4.90 Å². The fourth-order valence-electron chi connectivity index (χ4n) is 2.90. The molecule has 0 atom stereocenters. The first kappa shape index (κ1) is 17.4. The maximum atomic E-state index is 12.7. The molecule has 25 heavy (non-hydrogen) atoms. The summed E-state index contributed by atoms with van der Waals surface area (Å²) in [7, 11) is 0. The lowest BCUT2D eigenvalue weighted by Gasteiger charge is -2.22. The Morgan fingerprint density at radius 1 is 0.920 bits per heavy atom. The van der Waals surface area contributed by atoms with Crippen molar-refractivity contribution < 1.29 is 4.79 Å². The Balaban J connectivity index is 1.66. The topological polar surface area (TPSA) is 20.3 Å². The minimum atomic E-state index is 0.195. The predicted octanol–water partition coefficient (Wildman–Crippen LogP) is 5.40. The second kappa shape index (κ2) is 8.63. The zero-order valence-electron chi connectivity index (χ0n) is 14.5. The third-order valence-electron chi connectivity index (χ3n) is 4.22. The fraction of sp³-hybridized carbons (Fsp3) is 0.227. The van der Waals surface area contributed by atoms with E-state index in [1.807, 2.05) is 23.1 Å². The minimum absolute atomic E-state index is 0.195. The Kier molecular flexibility index (Phi) is 6.02. The molecule has 1 heterocycles. The number of rotatable bonds is 7.